The molecule has 18 heavy (non-hydrogen) atoms. The Hall–Kier alpha value is -0.0800. The van der Waals surface area contributed by atoms with Gasteiger partial charge in [0.05, 0.1) is 12.7 Å². The standard InChI is InChI=1S/C16H30O2/c1-3-4-5-6-7-9-14(2)18-16-12-8-10-15(16)11-13-17-16/h14-15H,3-13H2,1-2H3. The van der Waals surface area contributed by atoms with E-state index >= 15 is 0 Å². The summed E-state index contributed by atoms with van der Waals surface area (Å²) >= 11 is 0. The Bertz CT molecular complexity index is 229. The number of unbranched alkanes of at least 4 members (excludes halogenated alkanes) is 4. The average Bonchev–Trinajstić information content (AvgIpc) is 2.87. The first kappa shape index (κ1) is 14.3. The molecule has 2 aliphatic rings. The topological polar surface area (TPSA) is 18.5 Å². The van der Waals surface area contributed by atoms with E-state index in [1.807, 2.05) is 0 Å². The molecular formula is C16H30O2. The third-order valence-corrected chi connectivity index (χ3v) is 4.63. The lowest BCUT2D eigenvalue weighted by Crippen LogP contribution is -2.37. The molecule has 2 fully saturated rings. The van der Waals surface area contributed by atoms with E-state index in [1.54, 1.807) is 0 Å². The summed E-state index contributed by atoms with van der Waals surface area (Å²) in [4.78, 5) is 0. The van der Waals surface area contributed by atoms with Crippen molar-refractivity contribution in [2.24, 2.45) is 5.92 Å². The molecule has 0 aromatic carbocycles. The highest BCUT2D eigenvalue weighted by Crippen LogP contribution is 2.46. The normalized spacial score (nSPS) is 32.7. The fourth-order valence-electron chi connectivity index (χ4n) is 3.57. The fraction of sp³-hybridized carbons (Fsp3) is 1.00. The Morgan fingerprint density at radius 2 is 2.06 bits per heavy atom. The van der Waals surface area contributed by atoms with Crippen LogP contribution < -0.4 is 0 Å². The van der Waals surface area contributed by atoms with Gasteiger partial charge >= 0.3 is 0 Å². The molecule has 2 rings (SSSR count). The molecule has 0 aromatic rings. The van der Waals surface area contributed by atoms with Crippen molar-refractivity contribution in [3.63, 3.8) is 0 Å². The first-order valence-electron chi connectivity index (χ1n) is 8.08. The molecular weight excluding hydrogens is 224 g/mol. The monoisotopic (exact) mass is 254 g/mol. The minimum atomic E-state index is -0.178. The van der Waals surface area contributed by atoms with Crippen molar-refractivity contribution in [1.29, 1.82) is 0 Å². The third-order valence-electron chi connectivity index (χ3n) is 4.63. The zero-order valence-corrected chi connectivity index (χ0v) is 12.2. The van der Waals surface area contributed by atoms with Gasteiger partial charge in [-0.05, 0) is 32.6 Å². The van der Waals surface area contributed by atoms with Gasteiger partial charge in [0.15, 0.2) is 5.79 Å². The van der Waals surface area contributed by atoms with Crippen molar-refractivity contribution in [2.45, 2.75) is 89.9 Å². The molecule has 3 atom stereocenters. The molecule has 1 aliphatic carbocycles. The van der Waals surface area contributed by atoms with Crippen LogP contribution in [0.15, 0.2) is 0 Å². The zero-order valence-electron chi connectivity index (χ0n) is 12.2. The minimum absolute atomic E-state index is 0.178. The maximum absolute atomic E-state index is 6.31. The van der Waals surface area contributed by atoms with Crippen LogP contribution in [0.25, 0.3) is 0 Å². The smallest absolute Gasteiger partial charge is 0.171 e. The van der Waals surface area contributed by atoms with Gasteiger partial charge in [-0.3, -0.25) is 0 Å². The van der Waals surface area contributed by atoms with Crippen LogP contribution in [0.4, 0.5) is 0 Å². The van der Waals surface area contributed by atoms with E-state index in [-0.39, 0.29) is 5.79 Å². The highest BCUT2D eigenvalue weighted by Gasteiger charge is 2.49. The number of ether oxygens (including phenoxy) is 2. The van der Waals surface area contributed by atoms with Crippen molar-refractivity contribution in [1.82, 2.24) is 0 Å². The maximum atomic E-state index is 6.31. The fourth-order valence-corrected chi connectivity index (χ4v) is 3.57. The molecule has 1 saturated carbocycles. The summed E-state index contributed by atoms with van der Waals surface area (Å²) in [5, 5.41) is 0. The molecule has 0 aromatic heterocycles. The van der Waals surface area contributed by atoms with E-state index in [4.69, 9.17) is 9.47 Å². The molecule has 3 unspecified atom stereocenters. The largest absolute Gasteiger partial charge is 0.350 e. The van der Waals surface area contributed by atoms with Crippen LogP contribution in [-0.4, -0.2) is 18.5 Å². The van der Waals surface area contributed by atoms with Crippen LogP contribution in [0.3, 0.4) is 0 Å². The van der Waals surface area contributed by atoms with Gasteiger partial charge in [-0.1, -0.05) is 39.0 Å². The minimum Gasteiger partial charge on any atom is -0.350 e. The highest BCUT2D eigenvalue weighted by atomic mass is 16.7. The first-order valence-corrected chi connectivity index (χ1v) is 8.08. The number of fused-ring (bicyclic) bond motifs is 1. The summed E-state index contributed by atoms with van der Waals surface area (Å²) in [5.41, 5.74) is 0. The van der Waals surface area contributed by atoms with Crippen molar-refractivity contribution >= 4 is 0 Å². The number of rotatable bonds is 8. The van der Waals surface area contributed by atoms with E-state index in [0.717, 1.165) is 13.0 Å². The van der Waals surface area contributed by atoms with Gasteiger partial charge in [0, 0.05) is 12.3 Å². The van der Waals surface area contributed by atoms with Crippen molar-refractivity contribution in [3.8, 4) is 0 Å². The lowest BCUT2D eigenvalue weighted by molar-refractivity contribution is -0.243. The molecule has 2 nitrogen and oxygen atoms in total. The number of hydrogen-bond donors (Lipinski definition) is 0. The van der Waals surface area contributed by atoms with Crippen LogP contribution in [-0.2, 0) is 9.47 Å². The molecule has 0 bridgehead atoms. The Balaban J connectivity index is 1.66. The number of hydrogen-bond acceptors (Lipinski definition) is 2. The van der Waals surface area contributed by atoms with Gasteiger partial charge in [-0.25, -0.2) is 0 Å². The second-order valence-electron chi connectivity index (χ2n) is 6.17. The van der Waals surface area contributed by atoms with Crippen LogP contribution in [0.2, 0.25) is 0 Å². The molecule has 0 radical (unpaired) electrons. The van der Waals surface area contributed by atoms with Crippen molar-refractivity contribution in [2.75, 3.05) is 6.61 Å². The Labute approximate surface area is 112 Å². The van der Waals surface area contributed by atoms with E-state index < -0.39 is 0 Å². The van der Waals surface area contributed by atoms with E-state index in [9.17, 15) is 0 Å². The predicted molar refractivity (Wildman–Crippen MR) is 74.6 cm³/mol. The SMILES string of the molecule is CCCCCCCC(C)OC12CCCC1CCO2. The molecule has 1 aliphatic heterocycles. The van der Waals surface area contributed by atoms with Crippen LogP contribution >= 0.6 is 0 Å². The van der Waals surface area contributed by atoms with Crippen LogP contribution in [0, 0.1) is 5.92 Å². The van der Waals surface area contributed by atoms with Crippen LogP contribution in [0.5, 0.6) is 0 Å². The van der Waals surface area contributed by atoms with Crippen LogP contribution in [0.1, 0.15) is 78.1 Å². The highest BCUT2D eigenvalue weighted by molar-refractivity contribution is 4.91. The summed E-state index contributed by atoms with van der Waals surface area (Å²) in [7, 11) is 0. The van der Waals surface area contributed by atoms with E-state index in [1.165, 1.54) is 57.8 Å². The molecule has 2 heteroatoms. The van der Waals surface area contributed by atoms with Gasteiger partial charge in [0.2, 0.25) is 0 Å². The summed E-state index contributed by atoms with van der Waals surface area (Å²) < 4.78 is 12.3. The summed E-state index contributed by atoms with van der Waals surface area (Å²) in [5.74, 6) is 0.503. The Morgan fingerprint density at radius 1 is 1.22 bits per heavy atom. The van der Waals surface area contributed by atoms with E-state index in [2.05, 4.69) is 13.8 Å². The Kier molecular flexibility index (Phi) is 5.50. The van der Waals surface area contributed by atoms with Gasteiger partial charge < -0.3 is 9.47 Å². The van der Waals surface area contributed by atoms with Gasteiger partial charge in [-0.2, -0.15) is 0 Å². The maximum Gasteiger partial charge on any atom is 0.171 e. The molecule has 106 valence electrons. The third kappa shape index (κ3) is 3.48. The summed E-state index contributed by atoms with van der Waals surface area (Å²) in [6, 6.07) is 0. The summed E-state index contributed by atoms with van der Waals surface area (Å²) in [6.45, 7) is 5.40. The van der Waals surface area contributed by atoms with Gasteiger partial charge in [0.1, 0.15) is 0 Å². The van der Waals surface area contributed by atoms with Crippen molar-refractivity contribution < 1.29 is 9.47 Å². The second-order valence-corrected chi connectivity index (χ2v) is 6.17. The van der Waals surface area contributed by atoms with Crippen molar-refractivity contribution in [3.05, 3.63) is 0 Å². The molecule has 0 N–H and O–H groups in total. The molecule has 1 heterocycles. The lowest BCUT2D eigenvalue weighted by atomic mass is 10.0. The zero-order chi connectivity index (χ0) is 12.8. The van der Waals surface area contributed by atoms with Gasteiger partial charge in [0.25, 0.3) is 0 Å². The molecule has 0 spiro atoms. The summed E-state index contributed by atoms with van der Waals surface area (Å²) in [6.07, 6.45) is 13.2. The predicted octanol–water partition coefficient (Wildman–Crippen LogP) is 4.67. The molecule has 1 saturated heterocycles. The first-order chi connectivity index (χ1) is 8.77. The van der Waals surface area contributed by atoms with E-state index in [0.29, 0.717) is 12.0 Å². The van der Waals surface area contributed by atoms with Gasteiger partial charge in [-0.15, -0.1) is 0 Å². The Morgan fingerprint density at radius 3 is 2.89 bits per heavy atom. The lowest BCUT2D eigenvalue weighted by Gasteiger charge is -2.32. The average molecular weight is 254 g/mol. The second kappa shape index (κ2) is 6.91. The quantitative estimate of drug-likeness (QED) is 0.586. The molecule has 0 amide bonds.